The molecule has 6 heteroatoms. The Balaban J connectivity index is 3.09. The SMILES string of the molecule is CCOC(=O)C(F)(F)C(C)(O)c1ccc(SC)cc1. The van der Waals surface area contributed by atoms with Crippen molar-refractivity contribution in [3.05, 3.63) is 29.8 Å². The number of thioether (sulfide) groups is 1. The predicted molar refractivity (Wildman–Crippen MR) is 69.4 cm³/mol. The molecule has 0 heterocycles. The molecule has 0 aliphatic carbocycles. The van der Waals surface area contributed by atoms with E-state index in [-0.39, 0.29) is 12.2 Å². The average molecular weight is 290 g/mol. The second kappa shape index (κ2) is 5.88. The molecule has 0 radical (unpaired) electrons. The molecule has 1 N–H and O–H groups in total. The van der Waals surface area contributed by atoms with Gasteiger partial charge in [0.05, 0.1) is 6.61 Å². The van der Waals surface area contributed by atoms with Crippen LogP contribution in [-0.2, 0) is 15.1 Å². The third-order valence-corrected chi connectivity index (χ3v) is 3.54. The van der Waals surface area contributed by atoms with Gasteiger partial charge in [-0.15, -0.1) is 11.8 Å². The highest BCUT2D eigenvalue weighted by Crippen LogP contribution is 2.38. The van der Waals surface area contributed by atoms with Gasteiger partial charge in [0, 0.05) is 4.90 Å². The number of carbonyl (C=O) groups is 1. The van der Waals surface area contributed by atoms with Crippen LogP contribution in [0.15, 0.2) is 29.2 Å². The standard InChI is InChI=1S/C13H16F2O3S/c1-4-18-11(16)13(14,15)12(2,17)9-5-7-10(19-3)8-6-9/h5-8,17H,4H2,1-3H3. The minimum Gasteiger partial charge on any atom is -0.461 e. The highest BCUT2D eigenvalue weighted by atomic mass is 32.2. The number of alkyl halides is 2. The highest BCUT2D eigenvalue weighted by Gasteiger charge is 2.57. The predicted octanol–water partition coefficient (Wildman–Crippen LogP) is 2.81. The molecule has 1 atom stereocenters. The average Bonchev–Trinajstić information content (AvgIpc) is 2.38. The molecule has 1 unspecified atom stereocenters. The van der Waals surface area contributed by atoms with E-state index in [2.05, 4.69) is 4.74 Å². The fraction of sp³-hybridized carbons (Fsp3) is 0.462. The van der Waals surface area contributed by atoms with Crippen molar-refractivity contribution in [1.29, 1.82) is 0 Å². The van der Waals surface area contributed by atoms with Gasteiger partial charge in [-0.05, 0) is 37.8 Å². The Morgan fingerprint density at radius 3 is 2.32 bits per heavy atom. The van der Waals surface area contributed by atoms with Crippen molar-refractivity contribution in [2.24, 2.45) is 0 Å². The van der Waals surface area contributed by atoms with Crippen LogP contribution in [0.2, 0.25) is 0 Å². The van der Waals surface area contributed by atoms with Crippen LogP contribution in [0.3, 0.4) is 0 Å². The molecule has 1 aromatic carbocycles. The summed E-state index contributed by atoms with van der Waals surface area (Å²) in [4.78, 5) is 12.1. The lowest BCUT2D eigenvalue weighted by Gasteiger charge is -2.31. The smallest absolute Gasteiger partial charge is 0.380 e. The fourth-order valence-corrected chi connectivity index (χ4v) is 1.93. The zero-order valence-electron chi connectivity index (χ0n) is 10.9. The van der Waals surface area contributed by atoms with Crippen LogP contribution in [0.25, 0.3) is 0 Å². The first kappa shape index (κ1) is 15.9. The largest absolute Gasteiger partial charge is 0.461 e. The topological polar surface area (TPSA) is 46.5 Å². The lowest BCUT2D eigenvalue weighted by atomic mass is 9.89. The molecule has 0 amide bonds. The second-order valence-electron chi connectivity index (χ2n) is 4.10. The Morgan fingerprint density at radius 1 is 1.37 bits per heavy atom. The molecule has 0 saturated heterocycles. The van der Waals surface area contributed by atoms with Crippen LogP contribution in [-0.4, -0.2) is 29.9 Å². The maximum Gasteiger partial charge on any atom is 0.380 e. The van der Waals surface area contributed by atoms with Gasteiger partial charge in [0.2, 0.25) is 0 Å². The van der Waals surface area contributed by atoms with E-state index in [9.17, 15) is 18.7 Å². The Labute approximate surface area is 115 Å². The van der Waals surface area contributed by atoms with Crippen LogP contribution in [0, 0.1) is 0 Å². The van der Waals surface area contributed by atoms with E-state index in [0.29, 0.717) is 0 Å². The van der Waals surface area contributed by atoms with Gasteiger partial charge in [0.1, 0.15) is 0 Å². The summed E-state index contributed by atoms with van der Waals surface area (Å²) in [6.07, 6.45) is 1.85. The Kier molecular flexibility index (Phi) is 4.92. The molecule has 0 spiro atoms. The van der Waals surface area contributed by atoms with Gasteiger partial charge < -0.3 is 9.84 Å². The molecular weight excluding hydrogens is 274 g/mol. The number of ether oxygens (including phenoxy) is 1. The number of rotatable bonds is 5. The summed E-state index contributed by atoms with van der Waals surface area (Å²) in [5.41, 5.74) is -2.65. The van der Waals surface area contributed by atoms with E-state index >= 15 is 0 Å². The van der Waals surface area contributed by atoms with Crippen molar-refractivity contribution in [3.8, 4) is 0 Å². The number of halogens is 2. The molecule has 0 aromatic heterocycles. The molecule has 0 aliphatic rings. The van der Waals surface area contributed by atoms with E-state index in [1.54, 1.807) is 12.1 Å². The van der Waals surface area contributed by atoms with Gasteiger partial charge in [-0.1, -0.05) is 12.1 Å². The third-order valence-electron chi connectivity index (χ3n) is 2.80. The Bertz CT molecular complexity index is 444. The van der Waals surface area contributed by atoms with Gasteiger partial charge in [0.25, 0.3) is 0 Å². The normalized spacial score (nSPS) is 14.8. The minimum absolute atomic E-state index is 0.0386. The second-order valence-corrected chi connectivity index (χ2v) is 4.98. The van der Waals surface area contributed by atoms with Crippen molar-refractivity contribution in [2.45, 2.75) is 30.3 Å². The number of hydrogen-bond donors (Lipinski definition) is 1. The van der Waals surface area contributed by atoms with Crippen LogP contribution >= 0.6 is 11.8 Å². The number of carbonyl (C=O) groups excluding carboxylic acids is 1. The lowest BCUT2D eigenvalue weighted by Crippen LogP contribution is -2.49. The van der Waals surface area contributed by atoms with E-state index in [1.807, 2.05) is 6.26 Å². The molecule has 1 rings (SSSR count). The summed E-state index contributed by atoms with van der Waals surface area (Å²) < 4.78 is 32.1. The molecular formula is C13H16F2O3S. The van der Waals surface area contributed by atoms with E-state index in [1.165, 1.54) is 30.8 Å². The Morgan fingerprint density at radius 2 is 1.89 bits per heavy atom. The zero-order chi connectivity index (χ0) is 14.7. The molecule has 0 fully saturated rings. The van der Waals surface area contributed by atoms with Gasteiger partial charge in [0.15, 0.2) is 5.60 Å². The summed E-state index contributed by atoms with van der Waals surface area (Å²) >= 11 is 1.45. The van der Waals surface area contributed by atoms with Crippen LogP contribution in [0.5, 0.6) is 0 Å². The molecule has 19 heavy (non-hydrogen) atoms. The Hall–Kier alpha value is -1.14. The lowest BCUT2D eigenvalue weighted by molar-refractivity contribution is -0.212. The first-order chi connectivity index (χ1) is 8.77. The molecule has 3 nitrogen and oxygen atoms in total. The monoisotopic (exact) mass is 290 g/mol. The quantitative estimate of drug-likeness (QED) is 0.669. The van der Waals surface area contributed by atoms with Crippen molar-refractivity contribution in [2.75, 3.05) is 12.9 Å². The number of aliphatic hydroxyl groups is 1. The summed E-state index contributed by atoms with van der Waals surface area (Å²) in [5, 5.41) is 10.0. The van der Waals surface area contributed by atoms with Crippen molar-refractivity contribution >= 4 is 17.7 Å². The van der Waals surface area contributed by atoms with Crippen molar-refractivity contribution in [1.82, 2.24) is 0 Å². The molecule has 0 saturated carbocycles. The van der Waals surface area contributed by atoms with Crippen LogP contribution in [0.4, 0.5) is 8.78 Å². The zero-order valence-corrected chi connectivity index (χ0v) is 11.8. The summed E-state index contributed by atoms with van der Waals surface area (Å²) in [5.74, 6) is -5.74. The van der Waals surface area contributed by atoms with Gasteiger partial charge in [-0.3, -0.25) is 0 Å². The third kappa shape index (κ3) is 3.06. The summed E-state index contributed by atoms with van der Waals surface area (Å²) in [7, 11) is 0. The summed E-state index contributed by atoms with van der Waals surface area (Å²) in [6.45, 7) is 2.16. The van der Waals surface area contributed by atoms with Gasteiger partial charge in [-0.2, -0.15) is 8.78 Å². The van der Waals surface area contributed by atoms with Gasteiger partial charge in [-0.25, -0.2) is 4.79 Å². The number of esters is 1. The first-order valence-electron chi connectivity index (χ1n) is 5.69. The fourth-order valence-electron chi connectivity index (χ4n) is 1.52. The number of benzene rings is 1. The molecule has 1 aromatic rings. The van der Waals surface area contributed by atoms with E-state index in [4.69, 9.17) is 0 Å². The maximum absolute atomic E-state index is 13.9. The summed E-state index contributed by atoms with van der Waals surface area (Å²) in [6, 6.07) is 5.96. The molecule has 106 valence electrons. The van der Waals surface area contributed by atoms with Gasteiger partial charge >= 0.3 is 11.9 Å². The van der Waals surface area contributed by atoms with E-state index < -0.39 is 17.5 Å². The first-order valence-corrected chi connectivity index (χ1v) is 6.91. The van der Waals surface area contributed by atoms with Crippen LogP contribution in [0.1, 0.15) is 19.4 Å². The molecule has 0 aliphatic heterocycles. The van der Waals surface area contributed by atoms with Crippen LogP contribution < -0.4 is 0 Å². The highest BCUT2D eigenvalue weighted by molar-refractivity contribution is 7.98. The van der Waals surface area contributed by atoms with Crippen molar-refractivity contribution < 1.29 is 23.4 Å². The minimum atomic E-state index is -4.01. The van der Waals surface area contributed by atoms with Crippen molar-refractivity contribution in [3.63, 3.8) is 0 Å². The molecule has 0 bridgehead atoms. The number of hydrogen-bond acceptors (Lipinski definition) is 4. The van der Waals surface area contributed by atoms with E-state index in [0.717, 1.165) is 11.8 Å². The maximum atomic E-state index is 13.9.